The molecule has 5 nitrogen and oxygen atoms in total. The smallest absolute Gasteiger partial charge is 0.264 e. The summed E-state index contributed by atoms with van der Waals surface area (Å²) >= 11 is 2.11. The Bertz CT molecular complexity index is 662. The van der Waals surface area contributed by atoms with Crippen molar-refractivity contribution in [2.24, 2.45) is 0 Å². The Kier molecular flexibility index (Phi) is 3.62. The van der Waals surface area contributed by atoms with Crippen molar-refractivity contribution in [3.05, 3.63) is 39.1 Å². The third kappa shape index (κ3) is 2.66. The zero-order valence-electron chi connectivity index (χ0n) is 9.77. The molecular formula is C11H11IN2O3S. The Balaban J connectivity index is 2.33. The maximum atomic E-state index is 12.1. The molecule has 2 rings (SSSR count). The van der Waals surface area contributed by atoms with E-state index >= 15 is 0 Å². The number of rotatable bonds is 3. The summed E-state index contributed by atoms with van der Waals surface area (Å²) in [5.74, 6) is 0.158. The number of nitrogens with zero attached hydrogens (tertiary/aromatic N) is 1. The van der Waals surface area contributed by atoms with Crippen molar-refractivity contribution in [2.75, 3.05) is 4.72 Å². The van der Waals surface area contributed by atoms with Crippen molar-refractivity contribution in [2.45, 2.75) is 18.7 Å². The van der Waals surface area contributed by atoms with E-state index in [1.807, 2.05) is 0 Å². The molecule has 1 heterocycles. The number of sulfonamides is 1. The highest BCUT2D eigenvalue weighted by atomic mass is 127. The van der Waals surface area contributed by atoms with E-state index in [1.165, 1.54) is 0 Å². The highest BCUT2D eigenvalue weighted by molar-refractivity contribution is 14.1. The van der Waals surface area contributed by atoms with Gasteiger partial charge in [0.1, 0.15) is 0 Å². The molecule has 1 aromatic heterocycles. The first-order valence-electron chi connectivity index (χ1n) is 5.11. The van der Waals surface area contributed by atoms with Crippen molar-refractivity contribution < 1.29 is 12.9 Å². The predicted octanol–water partition coefficient (Wildman–Crippen LogP) is 2.70. The molecule has 0 fully saturated rings. The minimum absolute atomic E-state index is 0.158. The van der Waals surface area contributed by atoms with Crippen molar-refractivity contribution in [3.8, 4) is 0 Å². The number of aryl methyl sites for hydroxylation is 1. The van der Waals surface area contributed by atoms with Crippen LogP contribution in [0.25, 0.3) is 0 Å². The van der Waals surface area contributed by atoms with E-state index in [2.05, 4.69) is 32.5 Å². The summed E-state index contributed by atoms with van der Waals surface area (Å²) in [5, 5.41) is 3.70. The minimum atomic E-state index is -3.63. The lowest BCUT2D eigenvalue weighted by Gasteiger charge is -2.05. The third-order valence-corrected chi connectivity index (χ3v) is 4.57. The van der Waals surface area contributed by atoms with Gasteiger partial charge in [-0.1, -0.05) is 5.16 Å². The van der Waals surface area contributed by atoms with Gasteiger partial charge < -0.3 is 4.52 Å². The van der Waals surface area contributed by atoms with Crippen LogP contribution < -0.4 is 4.72 Å². The van der Waals surface area contributed by atoms with Gasteiger partial charge in [-0.25, -0.2) is 13.1 Å². The third-order valence-electron chi connectivity index (χ3n) is 2.51. The number of benzene rings is 1. The number of hydrogen-bond donors (Lipinski definition) is 1. The molecule has 0 aliphatic heterocycles. The summed E-state index contributed by atoms with van der Waals surface area (Å²) in [7, 11) is -3.63. The van der Waals surface area contributed by atoms with Gasteiger partial charge in [-0.2, -0.15) is 0 Å². The van der Waals surface area contributed by atoms with Gasteiger partial charge in [0.15, 0.2) is 0 Å². The van der Waals surface area contributed by atoms with E-state index in [9.17, 15) is 8.42 Å². The van der Waals surface area contributed by atoms with E-state index in [-0.39, 0.29) is 10.8 Å². The molecular weight excluding hydrogens is 367 g/mol. The van der Waals surface area contributed by atoms with Gasteiger partial charge in [-0.3, -0.25) is 0 Å². The number of nitrogens with one attached hydrogen (secondary N) is 1. The van der Waals surface area contributed by atoms with E-state index < -0.39 is 10.0 Å². The molecule has 7 heteroatoms. The van der Waals surface area contributed by atoms with E-state index in [1.54, 1.807) is 38.1 Å². The lowest BCUT2D eigenvalue weighted by Crippen LogP contribution is -2.13. The Morgan fingerprint density at radius 3 is 2.33 bits per heavy atom. The van der Waals surface area contributed by atoms with Crippen molar-refractivity contribution >= 4 is 38.5 Å². The van der Waals surface area contributed by atoms with E-state index in [0.29, 0.717) is 11.3 Å². The monoisotopic (exact) mass is 378 g/mol. The molecule has 1 N–H and O–H groups in total. The first-order valence-corrected chi connectivity index (χ1v) is 7.67. The lowest BCUT2D eigenvalue weighted by molar-refractivity contribution is 0.430. The van der Waals surface area contributed by atoms with E-state index in [4.69, 9.17) is 4.52 Å². The minimum Gasteiger partial charge on any atom is -0.337 e. The molecule has 0 spiro atoms. The van der Waals surface area contributed by atoms with Crippen LogP contribution in [0.1, 0.15) is 11.3 Å². The molecule has 0 atom stereocenters. The summed E-state index contributed by atoms with van der Waals surface area (Å²) in [5.41, 5.74) is 1.35. The molecule has 96 valence electrons. The Morgan fingerprint density at radius 2 is 1.83 bits per heavy atom. The molecule has 0 aliphatic rings. The maximum Gasteiger partial charge on any atom is 0.264 e. The zero-order chi connectivity index (χ0) is 13.3. The Labute approximate surface area is 119 Å². The SMILES string of the molecule is Cc1noc(NS(=O)(=O)c2ccc(I)cc2)c1C. The topological polar surface area (TPSA) is 72.2 Å². The maximum absolute atomic E-state index is 12.1. The van der Waals surface area contributed by atoms with Crippen molar-refractivity contribution in [1.29, 1.82) is 0 Å². The van der Waals surface area contributed by atoms with Gasteiger partial charge in [0.2, 0.25) is 5.88 Å². The number of halogens is 1. The molecule has 0 radical (unpaired) electrons. The van der Waals surface area contributed by atoms with Crippen LogP contribution in [0.3, 0.4) is 0 Å². The standard InChI is InChI=1S/C11H11IN2O3S/c1-7-8(2)13-17-11(7)14-18(15,16)10-5-3-9(12)4-6-10/h3-6,14H,1-2H3. The summed E-state index contributed by atoms with van der Waals surface area (Å²) in [4.78, 5) is 0.191. The Morgan fingerprint density at radius 1 is 1.22 bits per heavy atom. The summed E-state index contributed by atoms with van der Waals surface area (Å²) < 4.78 is 32.4. The average Bonchev–Trinajstić information content (AvgIpc) is 2.61. The fourth-order valence-electron chi connectivity index (χ4n) is 1.31. The van der Waals surface area contributed by atoms with Gasteiger partial charge in [0, 0.05) is 9.13 Å². The van der Waals surface area contributed by atoms with Gasteiger partial charge in [-0.05, 0) is 60.7 Å². The molecule has 0 saturated carbocycles. The van der Waals surface area contributed by atoms with Crippen LogP contribution in [0.15, 0.2) is 33.7 Å². The van der Waals surface area contributed by atoms with Gasteiger partial charge in [0.25, 0.3) is 10.0 Å². The van der Waals surface area contributed by atoms with Crippen LogP contribution in [0.4, 0.5) is 5.88 Å². The normalized spacial score (nSPS) is 11.5. The fourth-order valence-corrected chi connectivity index (χ4v) is 2.71. The lowest BCUT2D eigenvalue weighted by atomic mass is 10.3. The molecule has 0 amide bonds. The second-order valence-corrected chi connectivity index (χ2v) is 6.71. The van der Waals surface area contributed by atoms with Gasteiger partial charge in [0.05, 0.1) is 10.6 Å². The van der Waals surface area contributed by atoms with E-state index in [0.717, 1.165) is 3.57 Å². The second-order valence-electron chi connectivity index (χ2n) is 3.78. The average molecular weight is 378 g/mol. The van der Waals surface area contributed by atoms with Crippen LogP contribution >= 0.6 is 22.6 Å². The predicted molar refractivity (Wildman–Crippen MR) is 75.9 cm³/mol. The summed E-state index contributed by atoms with van der Waals surface area (Å²) in [6, 6.07) is 6.55. The fraction of sp³-hybridized carbons (Fsp3) is 0.182. The van der Waals surface area contributed by atoms with Crippen molar-refractivity contribution in [1.82, 2.24) is 5.16 Å². The molecule has 0 bridgehead atoms. The largest absolute Gasteiger partial charge is 0.337 e. The number of anilines is 1. The second kappa shape index (κ2) is 4.88. The van der Waals surface area contributed by atoms with Crippen LogP contribution in [0.5, 0.6) is 0 Å². The summed E-state index contributed by atoms with van der Waals surface area (Å²) in [6.07, 6.45) is 0. The van der Waals surface area contributed by atoms with Crippen LogP contribution in [-0.4, -0.2) is 13.6 Å². The molecule has 0 saturated heterocycles. The Hall–Kier alpha value is -1.09. The van der Waals surface area contributed by atoms with Gasteiger partial charge in [-0.15, -0.1) is 0 Å². The number of hydrogen-bond acceptors (Lipinski definition) is 4. The van der Waals surface area contributed by atoms with Crippen molar-refractivity contribution in [3.63, 3.8) is 0 Å². The number of aromatic nitrogens is 1. The molecule has 1 aromatic carbocycles. The first kappa shape index (κ1) is 13.3. The molecule has 18 heavy (non-hydrogen) atoms. The quantitative estimate of drug-likeness (QED) is 0.834. The van der Waals surface area contributed by atoms with Gasteiger partial charge >= 0.3 is 0 Å². The molecule has 2 aromatic rings. The summed E-state index contributed by atoms with van der Waals surface area (Å²) in [6.45, 7) is 3.50. The molecule has 0 unspecified atom stereocenters. The first-order chi connectivity index (χ1) is 8.40. The molecule has 0 aliphatic carbocycles. The zero-order valence-corrected chi connectivity index (χ0v) is 12.7. The van der Waals surface area contributed by atoms with Crippen LogP contribution in [0.2, 0.25) is 0 Å². The highest BCUT2D eigenvalue weighted by Crippen LogP contribution is 2.22. The highest BCUT2D eigenvalue weighted by Gasteiger charge is 2.18. The van der Waals surface area contributed by atoms with Crippen LogP contribution in [-0.2, 0) is 10.0 Å². The van der Waals surface area contributed by atoms with Crippen LogP contribution in [0, 0.1) is 17.4 Å².